The maximum absolute atomic E-state index is 4.20. The zero-order valence-electron chi connectivity index (χ0n) is 9.62. The number of hydrogen-bond acceptors (Lipinski definition) is 3. The van der Waals surface area contributed by atoms with Crippen LogP contribution in [-0.2, 0) is 6.54 Å². The minimum absolute atomic E-state index is 0. The number of halogens is 1. The van der Waals surface area contributed by atoms with Crippen LogP contribution in [0.2, 0.25) is 0 Å². The van der Waals surface area contributed by atoms with Gasteiger partial charge in [0.05, 0.1) is 0 Å². The molecule has 18 heavy (non-hydrogen) atoms. The van der Waals surface area contributed by atoms with Crippen LogP contribution >= 0.6 is 0 Å². The smallest absolute Gasteiger partial charge is 1.00 e. The molecule has 0 N–H and O–H groups in total. The SMILES string of the molecule is [Cl-].[Mg+2].[c-]1nc2cncnc2n1Cc1ccccc1. The average molecular weight is 269 g/mol. The second-order valence-corrected chi connectivity index (χ2v) is 3.52. The Morgan fingerprint density at radius 1 is 1.17 bits per heavy atom. The molecule has 2 aromatic heterocycles. The minimum Gasteiger partial charge on any atom is -1.00 e. The Bertz CT molecular complexity index is 612. The van der Waals surface area contributed by atoms with Crippen molar-refractivity contribution in [3.05, 3.63) is 54.7 Å². The molecule has 0 aliphatic carbocycles. The summed E-state index contributed by atoms with van der Waals surface area (Å²) >= 11 is 0. The van der Waals surface area contributed by atoms with E-state index in [4.69, 9.17) is 0 Å². The Morgan fingerprint density at radius 3 is 2.72 bits per heavy atom. The quantitative estimate of drug-likeness (QED) is 0.411. The van der Waals surface area contributed by atoms with Crippen LogP contribution in [0.4, 0.5) is 0 Å². The number of aromatic nitrogens is 4. The van der Waals surface area contributed by atoms with Gasteiger partial charge in [0.2, 0.25) is 0 Å². The first-order valence-corrected chi connectivity index (χ1v) is 5.01. The normalized spacial score (nSPS) is 9.56. The van der Waals surface area contributed by atoms with Crippen LogP contribution in [0.15, 0.2) is 42.9 Å². The van der Waals surface area contributed by atoms with Gasteiger partial charge in [0, 0.05) is 18.5 Å². The number of fused-ring (bicyclic) bond motifs is 1. The van der Waals surface area contributed by atoms with Crippen molar-refractivity contribution in [2.75, 3.05) is 0 Å². The summed E-state index contributed by atoms with van der Waals surface area (Å²) in [4.78, 5) is 12.2. The molecule has 0 aliphatic heterocycles. The Balaban J connectivity index is 0.000000810. The van der Waals surface area contributed by atoms with Crippen LogP contribution < -0.4 is 12.4 Å². The van der Waals surface area contributed by atoms with Gasteiger partial charge < -0.3 is 22.0 Å². The van der Waals surface area contributed by atoms with Crippen LogP contribution in [0.25, 0.3) is 11.2 Å². The van der Waals surface area contributed by atoms with Gasteiger partial charge in [-0.2, -0.15) is 0 Å². The largest absolute Gasteiger partial charge is 2.00 e. The van der Waals surface area contributed by atoms with Crippen LogP contribution in [0.5, 0.6) is 0 Å². The average Bonchev–Trinajstić information content (AvgIpc) is 2.74. The van der Waals surface area contributed by atoms with Crippen molar-refractivity contribution in [1.82, 2.24) is 19.5 Å². The van der Waals surface area contributed by atoms with Gasteiger partial charge in [-0.15, -0.1) is 0 Å². The molecule has 1 aromatic carbocycles. The Kier molecular flexibility index (Phi) is 5.52. The van der Waals surface area contributed by atoms with Gasteiger partial charge in [-0.05, 0) is 17.3 Å². The zero-order chi connectivity index (χ0) is 10.8. The summed E-state index contributed by atoms with van der Waals surface area (Å²) in [6.07, 6.45) is 6.15. The predicted molar refractivity (Wildman–Crippen MR) is 65.5 cm³/mol. The molecule has 0 unspecified atom stereocenters. The fraction of sp³-hybridized carbons (Fsp3) is 0.0833. The molecule has 0 amide bonds. The van der Waals surface area contributed by atoms with Gasteiger partial charge in [0.1, 0.15) is 6.33 Å². The first-order valence-electron chi connectivity index (χ1n) is 5.01. The van der Waals surface area contributed by atoms with E-state index in [-0.39, 0.29) is 35.5 Å². The molecule has 0 saturated carbocycles. The Hall–Kier alpha value is -1.17. The maximum Gasteiger partial charge on any atom is 2.00 e. The molecular formula is C12H9ClMgN4. The topological polar surface area (TPSA) is 43.6 Å². The van der Waals surface area contributed by atoms with E-state index in [0.717, 1.165) is 17.7 Å². The third-order valence-electron chi connectivity index (χ3n) is 2.40. The molecule has 0 fully saturated rings. The molecule has 3 aromatic rings. The molecule has 0 saturated heterocycles. The van der Waals surface area contributed by atoms with Crippen molar-refractivity contribution in [3.8, 4) is 0 Å². The number of rotatable bonds is 2. The molecular weight excluding hydrogens is 260 g/mol. The number of hydrogen-bond donors (Lipinski definition) is 0. The van der Waals surface area contributed by atoms with Crippen molar-refractivity contribution >= 4 is 34.2 Å². The van der Waals surface area contributed by atoms with E-state index in [0.29, 0.717) is 0 Å². The number of nitrogens with zero attached hydrogens (tertiary/aromatic N) is 4. The van der Waals surface area contributed by atoms with E-state index in [1.165, 1.54) is 11.9 Å². The van der Waals surface area contributed by atoms with Crippen molar-refractivity contribution < 1.29 is 12.4 Å². The van der Waals surface area contributed by atoms with Crippen molar-refractivity contribution in [3.63, 3.8) is 0 Å². The van der Waals surface area contributed by atoms with Crippen molar-refractivity contribution in [1.29, 1.82) is 0 Å². The molecule has 0 atom stereocenters. The van der Waals surface area contributed by atoms with Crippen molar-refractivity contribution in [2.45, 2.75) is 6.54 Å². The summed E-state index contributed by atoms with van der Waals surface area (Å²) in [5.74, 6) is 0. The van der Waals surface area contributed by atoms with Gasteiger partial charge >= 0.3 is 23.1 Å². The molecule has 0 radical (unpaired) electrons. The molecule has 0 bridgehead atoms. The standard InChI is InChI=1S/C12H9N4.ClH.Mg/c1-2-4-10(5-3-1)7-16-9-15-11-6-13-8-14-12(11)16;;/h1-6,8H,7H2;1H;/q-1;;+2/p-1. The third-order valence-corrected chi connectivity index (χ3v) is 2.40. The first kappa shape index (κ1) is 14.9. The van der Waals surface area contributed by atoms with Crippen LogP contribution in [-0.4, -0.2) is 42.6 Å². The molecule has 86 valence electrons. The summed E-state index contributed by atoms with van der Waals surface area (Å²) in [6, 6.07) is 10.2. The van der Waals surface area contributed by atoms with Crippen molar-refractivity contribution in [2.24, 2.45) is 0 Å². The molecule has 0 spiro atoms. The summed E-state index contributed by atoms with van der Waals surface area (Å²) in [7, 11) is 0. The van der Waals surface area contributed by atoms with Gasteiger partial charge in [0.15, 0.2) is 0 Å². The monoisotopic (exact) mass is 268 g/mol. The van der Waals surface area contributed by atoms with Crippen LogP contribution in [0, 0.1) is 6.33 Å². The summed E-state index contributed by atoms with van der Waals surface area (Å²) in [5.41, 5.74) is 2.80. The predicted octanol–water partition coefficient (Wildman–Crippen LogP) is -1.70. The Morgan fingerprint density at radius 2 is 1.94 bits per heavy atom. The van der Waals surface area contributed by atoms with Gasteiger partial charge in [-0.1, -0.05) is 30.3 Å². The second-order valence-electron chi connectivity index (χ2n) is 3.52. The summed E-state index contributed by atoms with van der Waals surface area (Å²) in [5, 5.41) is 0. The maximum atomic E-state index is 4.20. The van der Waals surface area contributed by atoms with Gasteiger partial charge in [-0.25, -0.2) is 0 Å². The molecule has 4 nitrogen and oxygen atoms in total. The van der Waals surface area contributed by atoms with E-state index in [9.17, 15) is 0 Å². The molecule has 3 rings (SSSR count). The van der Waals surface area contributed by atoms with E-state index in [1.54, 1.807) is 6.20 Å². The zero-order valence-corrected chi connectivity index (χ0v) is 11.8. The fourth-order valence-electron chi connectivity index (χ4n) is 1.64. The second kappa shape index (κ2) is 6.68. The Labute approximate surface area is 127 Å². The van der Waals surface area contributed by atoms with E-state index >= 15 is 0 Å². The summed E-state index contributed by atoms with van der Waals surface area (Å²) in [6.45, 7) is 0.731. The third kappa shape index (κ3) is 2.98. The minimum atomic E-state index is 0. The number of imidazole rings is 1. The van der Waals surface area contributed by atoms with Crippen LogP contribution in [0.3, 0.4) is 0 Å². The summed E-state index contributed by atoms with van der Waals surface area (Å²) < 4.78 is 1.90. The van der Waals surface area contributed by atoms with E-state index in [2.05, 4.69) is 33.4 Å². The van der Waals surface area contributed by atoms with E-state index in [1.807, 2.05) is 22.8 Å². The molecule has 6 heteroatoms. The number of benzene rings is 1. The molecule has 2 heterocycles. The molecule has 0 aliphatic rings. The fourth-order valence-corrected chi connectivity index (χ4v) is 1.64. The van der Waals surface area contributed by atoms with Crippen LogP contribution in [0.1, 0.15) is 5.56 Å². The van der Waals surface area contributed by atoms with Gasteiger partial charge in [0.25, 0.3) is 0 Å². The van der Waals surface area contributed by atoms with Gasteiger partial charge in [-0.3, -0.25) is 9.97 Å². The van der Waals surface area contributed by atoms with E-state index < -0.39 is 0 Å². The first-order chi connectivity index (χ1) is 7.93.